The lowest BCUT2D eigenvalue weighted by Gasteiger charge is -2.18. The summed E-state index contributed by atoms with van der Waals surface area (Å²) in [4.78, 5) is 0. The molecule has 114 valence electrons. The van der Waals surface area contributed by atoms with E-state index in [0.717, 1.165) is 47.5 Å². The van der Waals surface area contributed by atoms with E-state index in [1.807, 2.05) is 18.2 Å². The highest BCUT2D eigenvalue weighted by molar-refractivity contribution is 9.10. The van der Waals surface area contributed by atoms with Gasteiger partial charge in [0.05, 0.1) is 23.4 Å². The third kappa shape index (κ3) is 4.35. The molecule has 1 heterocycles. The number of nitrogens with one attached hydrogen (secondary N) is 1. The Morgan fingerprint density at radius 2 is 2.10 bits per heavy atom. The Hall–Kier alpha value is -1.26. The third-order valence-corrected chi connectivity index (χ3v) is 3.82. The molecule has 0 fully saturated rings. The molecule has 2 aromatic rings. The molecule has 0 radical (unpaired) electrons. The van der Waals surface area contributed by atoms with E-state index in [1.54, 1.807) is 6.26 Å². The molecule has 1 atom stereocenters. The van der Waals surface area contributed by atoms with E-state index in [2.05, 4.69) is 47.2 Å². The Morgan fingerprint density at radius 3 is 2.76 bits per heavy atom. The first kappa shape index (κ1) is 16.1. The Kier molecular flexibility index (Phi) is 6.33. The van der Waals surface area contributed by atoms with Crippen LogP contribution in [0.15, 0.2) is 45.5 Å². The van der Waals surface area contributed by atoms with Gasteiger partial charge in [-0.05, 0) is 59.1 Å². The molecule has 0 spiro atoms. The van der Waals surface area contributed by atoms with Crippen molar-refractivity contribution in [3.63, 3.8) is 0 Å². The summed E-state index contributed by atoms with van der Waals surface area (Å²) in [5.41, 5.74) is 1.15. The maximum absolute atomic E-state index is 5.73. The maximum Gasteiger partial charge on any atom is 0.139 e. The number of benzene rings is 1. The zero-order valence-electron chi connectivity index (χ0n) is 12.6. The van der Waals surface area contributed by atoms with E-state index in [9.17, 15) is 0 Å². The van der Waals surface area contributed by atoms with Gasteiger partial charge >= 0.3 is 0 Å². The Morgan fingerprint density at radius 1 is 1.24 bits per heavy atom. The van der Waals surface area contributed by atoms with E-state index in [0.29, 0.717) is 0 Å². The van der Waals surface area contributed by atoms with Crippen LogP contribution in [0.4, 0.5) is 0 Å². The average Bonchev–Trinajstić information content (AvgIpc) is 2.92. The van der Waals surface area contributed by atoms with Gasteiger partial charge < -0.3 is 14.5 Å². The zero-order valence-corrected chi connectivity index (χ0v) is 14.2. The first-order valence-electron chi connectivity index (χ1n) is 7.45. The molecular weight excluding hydrogens is 330 g/mol. The van der Waals surface area contributed by atoms with Crippen molar-refractivity contribution in [2.24, 2.45) is 0 Å². The zero-order chi connectivity index (χ0) is 15.1. The van der Waals surface area contributed by atoms with Crippen molar-refractivity contribution in [3.05, 3.63) is 52.4 Å². The molecule has 0 bridgehead atoms. The van der Waals surface area contributed by atoms with Crippen LogP contribution in [0.5, 0.6) is 5.75 Å². The van der Waals surface area contributed by atoms with Gasteiger partial charge in [-0.15, -0.1) is 0 Å². The van der Waals surface area contributed by atoms with Crippen molar-refractivity contribution < 1.29 is 9.15 Å². The van der Waals surface area contributed by atoms with E-state index < -0.39 is 0 Å². The maximum atomic E-state index is 5.73. The predicted molar refractivity (Wildman–Crippen MR) is 88.8 cm³/mol. The molecule has 0 aliphatic heterocycles. The van der Waals surface area contributed by atoms with Crippen molar-refractivity contribution >= 4 is 15.9 Å². The summed E-state index contributed by atoms with van der Waals surface area (Å²) in [5, 5.41) is 3.53. The lowest BCUT2D eigenvalue weighted by atomic mass is 10.0. The second-order valence-electron chi connectivity index (χ2n) is 4.94. The first-order chi connectivity index (χ1) is 10.3. The Bertz CT molecular complexity index is 553. The molecule has 0 saturated carbocycles. The summed E-state index contributed by atoms with van der Waals surface area (Å²) in [6.07, 6.45) is 3.78. The van der Waals surface area contributed by atoms with Gasteiger partial charge in [0, 0.05) is 0 Å². The fraction of sp³-hybridized carbons (Fsp3) is 0.412. The minimum Gasteiger partial charge on any atom is -0.494 e. The fourth-order valence-electron chi connectivity index (χ4n) is 2.17. The van der Waals surface area contributed by atoms with Gasteiger partial charge in [-0.2, -0.15) is 0 Å². The smallest absolute Gasteiger partial charge is 0.139 e. The lowest BCUT2D eigenvalue weighted by Crippen LogP contribution is -2.23. The molecule has 1 N–H and O–H groups in total. The molecule has 21 heavy (non-hydrogen) atoms. The van der Waals surface area contributed by atoms with Crippen molar-refractivity contribution in [2.75, 3.05) is 13.2 Å². The number of rotatable bonds is 8. The number of furan rings is 1. The fourth-order valence-corrected chi connectivity index (χ4v) is 2.60. The monoisotopic (exact) mass is 351 g/mol. The highest BCUT2D eigenvalue weighted by atomic mass is 79.9. The molecule has 1 aromatic carbocycles. The normalized spacial score (nSPS) is 12.3. The lowest BCUT2D eigenvalue weighted by molar-refractivity contribution is 0.316. The van der Waals surface area contributed by atoms with Crippen LogP contribution in [-0.2, 0) is 0 Å². The quantitative estimate of drug-likeness (QED) is 0.732. The highest BCUT2D eigenvalue weighted by Crippen LogP contribution is 2.31. The molecule has 0 aliphatic rings. The second-order valence-corrected chi connectivity index (χ2v) is 5.80. The Balaban J connectivity index is 2.26. The average molecular weight is 352 g/mol. The topological polar surface area (TPSA) is 34.4 Å². The molecule has 4 heteroatoms. The number of halogens is 1. The SMILES string of the molecule is CCCNC(c1cccc(OCCC)c1)c1occc1Br. The summed E-state index contributed by atoms with van der Waals surface area (Å²) in [5.74, 6) is 1.80. The molecule has 2 rings (SSSR count). The Labute approximate surface area is 134 Å². The van der Waals surface area contributed by atoms with E-state index in [1.165, 1.54) is 0 Å². The van der Waals surface area contributed by atoms with Gasteiger partial charge in [0.1, 0.15) is 11.5 Å². The summed E-state index contributed by atoms with van der Waals surface area (Å²) in [6, 6.07) is 10.1. The summed E-state index contributed by atoms with van der Waals surface area (Å²) in [6.45, 7) is 5.93. The molecule has 0 amide bonds. The van der Waals surface area contributed by atoms with Crippen LogP contribution in [0.2, 0.25) is 0 Å². The van der Waals surface area contributed by atoms with Crippen molar-refractivity contribution in [2.45, 2.75) is 32.7 Å². The number of ether oxygens (including phenoxy) is 1. The van der Waals surface area contributed by atoms with Gasteiger partial charge in [0.25, 0.3) is 0 Å². The number of hydrogen-bond donors (Lipinski definition) is 1. The molecule has 3 nitrogen and oxygen atoms in total. The molecular formula is C17H22BrNO2. The minimum absolute atomic E-state index is 0.0273. The minimum atomic E-state index is 0.0273. The largest absolute Gasteiger partial charge is 0.494 e. The van der Waals surface area contributed by atoms with E-state index >= 15 is 0 Å². The first-order valence-corrected chi connectivity index (χ1v) is 8.24. The van der Waals surface area contributed by atoms with Gasteiger partial charge in [0.2, 0.25) is 0 Å². The predicted octanol–water partition coefficient (Wildman–Crippen LogP) is 4.92. The van der Waals surface area contributed by atoms with Crippen LogP contribution in [0.25, 0.3) is 0 Å². The van der Waals surface area contributed by atoms with Crippen molar-refractivity contribution in [1.29, 1.82) is 0 Å². The van der Waals surface area contributed by atoms with Gasteiger partial charge in [0.15, 0.2) is 0 Å². The van der Waals surface area contributed by atoms with E-state index in [-0.39, 0.29) is 6.04 Å². The van der Waals surface area contributed by atoms with E-state index in [4.69, 9.17) is 9.15 Å². The van der Waals surface area contributed by atoms with Crippen LogP contribution in [0.3, 0.4) is 0 Å². The van der Waals surface area contributed by atoms with Crippen LogP contribution < -0.4 is 10.1 Å². The van der Waals surface area contributed by atoms with Crippen molar-refractivity contribution in [1.82, 2.24) is 5.32 Å². The summed E-state index contributed by atoms with van der Waals surface area (Å²) < 4.78 is 12.4. The highest BCUT2D eigenvalue weighted by Gasteiger charge is 2.19. The van der Waals surface area contributed by atoms with Crippen molar-refractivity contribution in [3.8, 4) is 5.75 Å². The van der Waals surface area contributed by atoms with Crippen LogP contribution >= 0.6 is 15.9 Å². The third-order valence-electron chi connectivity index (χ3n) is 3.17. The molecule has 0 saturated heterocycles. The standard InChI is InChI=1S/C17H22BrNO2/c1-3-9-19-16(17-15(18)8-11-21-17)13-6-5-7-14(12-13)20-10-4-2/h5-8,11-12,16,19H,3-4,9-10H2,1-2H3. The van der Waals surface area contributed by atoms with Crippen LogP contribution in [0, 0.1) is 0 Å². The molecule has 1 unspecified atom stereocenters. The van der Waals surface area contributed by atoms with Gasteiger partial charge in [-0.1, -0.05) is 26.0 Å². The summed E-state index contributed by atoms with van der Waals surface area (Å²) in [7, 11) is 0. The van der Waals surface area contributed by atoms with Crippen LogP contribution in [0.1, 0.15) is 44.1 Å². The van der Waals surface area contributed by atoms with Gasteiger partial charge in [-0.25, -0.2) is 0 Å². The molecule has 0 aliphatic carbocycles. The van der Waals surface area contributed by atoms with Crippen LogP contribution in [-0.4, -0.2) is 13.2 Å². The second kappa shape index (κ2) is 8.25. The number of hydrogen-bond acceptors (Lipinski definition) is 3. The van der Waals surface area contributed by atoms with Gasteiger partial charge in [-0.3, -0.25) is 0 Å². The summed E-state index contributed by atoms with van der Waals surface area (Å²) >= 11 is 3.55. The molecule has 1 aromatic heterocycles.